The van der Waals surface area contributed by atoms with Crippen LogP contribution in [0.15, 0.2) is 42.5 Å². The molecule has 7 heteroatoms. The molecule has 2 aromatic carbocycles. The number of nitrogens with zero attached hydrogens (tertiary/aromatic N) is 1. The van der Waals surface area contributed by atoms with Crippen molar-refractivity contribution in [3.8, 4) is 11.5 Å². The first-order valence-corrected chi connectivity index (χ1v) is 8.26. The number of esters is 1. The summed E-state index contributed by atoms with van der Waals surface area (Å²) in [6.07, 6.45) is -0.0319. The molecule has 0 aromatic heterocycles. The third-order valence-corrected chi connectivity index (χ3v) is 3.93. The monoisotopic (exact) mass is 375 g/mol. The van der Waals surface area contributed by atoms with E-state index in [1.165, 1.54) is 44.4 Å². The molecule has 0 atom stereocenters. The molecule has 0 saturated heterocycles. The Bertz CT molecular complexity index is 786. The Morgan fingerprint density at radius 1 is 0.963 bits per heavy atom. The van der Waals surface area contributed by atoms with Crippen LogP contribution in [0.3, 0.4) is 0 Å². The van der Waals surface area contributed by atoms with E-state index in [0.717, 1.165) is 5.56 Å². The summed E-state index contributed by atoms with van der Waals surface area (Å²) in [5.41, 5.74) is 1.25. The molecule has 27 heavy (non-hydrogen) atoms. The Morgan fingerprint density at radius 3 is 2.19 bits per heavy atom. The zero-order valence-electron chi connectivity index (χ0n) is 15.5. The van der Waals surface area contributed by atoms with Crippen LogP contribution < -0.4 is 9.47 Å². The predicted octanol–water partition coefficient (Wildman–Crippen LogP) is 2.59. The molecule has 2 rings (SSSR count). The minimum Gasteiger partial charge on any atom is -0.497 e. The number of ether oxygens (including phenoxy) is 3. The van der Waals surface area contributed by atoms with Crippen LogP contribution in [0, 0.1) is 5.82 Å². The molecule has 0 N–H and O–H groups in total. The van der Waals surface area contributed by atoms with Gasteiger partial charge in [-0.2, -0.15) is 0 Å². The number of rotatable bonds is 8. The van der Waals surface area contributed by atoms with E-state index in [1.807, 2.05) is 0 Å². The third kappa shape index (κ3) is 5.99. The molecule has 0 radical (unpaired) electrons. The largest absolute Gasteiger partial charge is 0.497 e. The fraction of sp³-hybridized carbons (Fsp3) is 0.300. The average molecular weight is 375 g/mol. The Labute approximate surface area is 157 Å². The zero-order valence-corrected chi connectivity index (χ0v) is 15.5. The van der Waals surface area contributed by atoms with Crippen LogP contribution in [0.25, 0.3) is 0 Å². The van der Waals surface area contributed by atoms with Gasteiger partial charge in [-0.05, 0) is 35.4 Å². The maximum Gasteiger partial charge on any atom is 0.325 e. The molecule has 0 unspecified atom stereocenters. The lowest BCUT2D eigenvalue weighted by Crippen LogP contribution is -2.36. The first-order chi connectivity index (χ1) is 12.9. The Morgan fingerprint density at radius 2 is 1.63 bits per heavy atom. The van der Waals surface area contributed by atoms with Crippen molar-refractivity contribution in [2.45, 2.75) is 13.0 Å². The summed E-state index contributed by atoms with van der Waals surface area (Å²) in [4.78, 5) is 25.8. The van der Waals surface area contributed by atoms with Gasteiger partial charge in [-0.25, -0.2) is 4.39 Å². The van der Waals surface area contributed by atoms with Gasteiger partial charge in [0.05, 0.1) is 27.8 Å². The second-order valence-corrected chi connectivity index (χ2v) is 5.85. The van der Waals surface area contributed by atoms with Crippen LogP contribution in [0.2, 0.25) is 0 Å². The average Bonchev–Trinajstić information content (AvgIpc) is 2.66. The molecular formula is C20H22FNO5. The topological polar surface area (TPSA) is 65.1 Å². The Balaban J connectivity index is 2.23. The van der Waals surface area contributed by atoms with Gasteiger partial charge in [-0.3, -0.25) is 9.59 Å². The number of hydrogen-bond donors (Lipinski definition) is 0. The number of halogens is 1. The molecule has 0 heterocycles. The van der Waals surface area contributed by atoms with Crippen molar-refractivity contribution < 1.29 is 28.2 Å². The maximum atomic E-state index is 13.4. The second kappa shape index (κ2) is 9.56. The number of hydrogen-bond acceptors (Lipinski definition) is 5. The van der Waals surface area contributed by atoms with Crippen LogP contribution in [0.4, 0.5) is 4.39 Å². The van der Waals surface area contributed by atoms with E-state index in [4.69, 9.17) is 9.47 Å². The van der Waals surface area contributed by atoms with Crippen molar-refractivity contribution in [3.63, 3.8) is 0 Å². The highest BCUT2D eigenvalue weighted by molar-refractivity contribution is 5.83. The van der Waals surface area contributed by atoms with Crippen molar-refractivity contribution in [2.75, 3.05) is 27.9 Å². The summed E-state index contributed by atoms with van der Waals surface area (Å²) in [7, 11) is 4.31. The van der Waals surface area contributed by atoms with Crippen LogP contribution in [0.1, 0.15) is 11.1 Å². The standard InChI is InChI=1S/C20H22FNO5/c1-25-17-8-15(9-18(11-17)26-2)12-22(13-20(24)27-3)19(23)10-14-5-4-6-16(21)7-14/h4-9,11H,10,12-13H2,1-3H3. The molecule has 0 saturated carbocycles. The predicted molar refractivity (Wildman–Crippen MR) is 97.1 cm³/mol. The van der Waals surface area contributed by atoms with Gasteiger partial charge in [0, 0.05) is 12.6 Å². The minimum atomic E-state index is -0.544. The number of methoxy groups -OCH3 is 3. The Kier molecular flexibility index (Phi) is 7.16. The van der Waals surface area contributed by atoms with Gasteiger partial charge in [0.15, 0.2) is 0 Å². The molecule has 0 bridgehead atoms. The zero-order chi connectivity index (χ0) is 19.8. The third-order valence-electron chi connectivity index (χ3n) is 3.93. The molecule has 0 fully saturated rings. The Hall–Kier alpha value is -3.09. The van der Waals surface area contributed by atoms with Crippen LogP contribution in [-0.2, 0) is 27.3 Å². The van der Waals surface area contributed by atoms with Crippen LogP contribution in [-0.4, -0.2) is 44.7 Å². The van der Waals surface area contributed by atoms with Gasteiger partial charge >= 0.3 is 5.97 Å². The van der Waals surface area contributed by atoms with Crippen LogP contribution >= 0.6 is 0 Å². The van der Waals surface area contributed by atoms with E-state index in [0.29, 0.717) is 17.1 Å². The van der Waals surface area contributed by atoms with Crippen LogP contribution in [0.5, 0.6) is 11.5 Å². The highest BCUT2D eigenvalue weighted by Gasteiger charge is 2.19. The molecule has 0 aliphatic carbocycles. The number of benzene rings is 2. The van der Waals surface area contributed by atoms with Gasteiger partial charge in [-0.15, -0.1) is 0 Å². The van der Waals surface area contributed by atoms with E-state index in [1.54, 1.807) is 24.3 Å². The molecule has 144 valence electrons. The van der Waals surface area contributed by atoms with Crippen molar-refractivity contribution >= 4 is 11.9 Å². The van der Waals surface area contributed by atoms with Crippen molar-refractivity contribution in [2.24, 2.45) is 0 Å². The van der Waals surface area contributed by atoms with Crippen molar-refractivity contribution in [1.29, 1.82) is 0 Å². The van der Waals surface area contributed by atoms with E-state index < -0.39 is 11.8 Å². The second-order valence-electron chi connectivity index (χ2n) is 5.85. The first-order valence-electron chi connectivity index (χ1n) is 8.26. The number of amides is 1. The highest BCUT2D eigenvalue weighted by Crippen LogP contribution is 2.23. The molecule has 6 nitrogen and oxygen atoms in total. The lowest BCUT2D eigenvalue weighted by atomic mass is 10.1. The number of carbonyl (C=O) groups is 2. The fourth-order valence-corrected chi connectivity index (χ4v) is 2.56. The van der Waals surface area contributed by atoms with Crippen molar-refractivity contribution in [3.05, 3.63) is 59.4 Å². The minimum absolute atomic E-state index is 0.0319. The molecular weight excluding hydrogens is 353 g/mol. The molecule has 1 amide bonds. The maximum absolute atomic E-state index is 13.4. The quantitative estimate of drug-likeness (QED) is 0.664. The van der Waals surface area contributed by atoms with Gasteiger partial charge in [-0.1, -0.05) is 12.1 Å². The van der Waals surface area contributed by atoms with E-state index in [-0.39, 0.29) is 25.4 Å². The smallest absolute Gasteiger partial charge is 0.325 e. The highest BCUT2D eigenvalue weighted by atomic mass is 19.1. The lowest BCUT2D eigenvalue weighted by molar-refractivity contribution is -0.147. The first kappa shape index (κ1) is 20.2. The molecule has 0 spiro atoms. The van der Waals surface area contributed by atoms with Gasteiger partial charge < -0.3 is 19.1 Å². The molecule has 0 aliphatic heterocycles. The van der Waals surface area contributed by atoms with Gasteiger partial charge in [0.2, 0.25) is 5.91 Å². The van der Waals surface area contributed by atoms with E-state index in [9.17, 15) is 14.0 Å². The number of carbonyl (C=O) groups excluding carboxylic acids is 2. The lowest BCUT2D eigenvalue weighted by Gasteiger charge is -2.22. The van der Waals surface area contributed by atoms with Crippen molar-refractivity contribution in [1.82, 2.24) is 4.90 Å². The summed E-state index contributed by atoms with van der Waals surface area (Å²) >= 11 is 0. The fourth-order valence-electron chi connectivity index (χ4n) is 2.56. The summed E-state index contributed by atoms with van der Waals surface area (Å²) in [6.45, 7) is -0.0685. The van der Waals surface area contributed by atoms with Gasteiger partial charge in [0.1, 0.15) is 23.9 Å². The van der Waals surface area contributed by atoms with Gasteiger partial charge in [0.25, 0.3) is 0 Å². The van der Waals surface area contributed by atoms with E-state index in [2.05, 4.69) is 4.74 Å². The normalized spacial score (nSPS) is 10.2. The summed E-state index contributed by atoms with van der Waals surface area (Å²) < 4.78 is 28.5. The molecule has 2 aromatic rings. The summed E-state index contributed by atoms with van der Waals surface area (Å²) in [6, 6.07) is 11.0. The van der Waals surface area contributed by atoms with E-state index >= 15 is 0 Å². The summed E-state index contributed by atoms with van der Waals surface area (Å²) in [5.74, 6) is -0.150. The SMILES string of the molecule is COC(=O)CN(Cc1cc(OC)cc(OC)c1)C(=O)Cc1cccc(F)c1. The summed E-state index contributed by atoms with van der Waals surface area (Å²) in [5, 5.41) is 0. The molecule has 0 aliphatic rings.